The molecule has 0 saturated heterocycles. The van der Waals surface area contributed by atoms with Crippen LogP contribution in [0.4, 0.5) is 5.00 Å². The Morgan fingerprint density at radius 1 is 1.50 bits per heavy atom. The van der Waals surface area contributed by atoms with Gasteiger partial charge in [-0.3, -0.25) is 9.78 Å². The van der Waals surface area contributed by atoms with Crippen LogP contribution < -0.4 is 5.32 Å². The number of carbonyl (C=O) groups excluding carboxylic acids is 1. The maximum Gasteiger partial charge on any atom is 0.186 e. The molecular weight excluding hydrogens is 268 g/mol. The summed E-state index contributed by atoms with van der Waals surface area (Å²) >= 11 is 7.30. The van der Waals surface area contributed by atoms with Crippen LogP contribution in [0.5, 0.6) is 0 Å². The van der Waals surface area contributed by atoms with Crippen LogP contribution in [0.2, 0.25) is 4.34 Å². The third-order valence-corrected chi connectivity index (χ3v) is 3.72. The van der Waals surface area contributed by atoms with Gasteiger partial charge < -0.3 is 5.32 Å². The Kier molecular flexibility index (Phi) is 4.33. The van der Waals surface area contributed by atoms with Crippen molar-refractivity contribution in [3.63, 3.8) is 0 Å². The van der Waals surface area contributed by atoms with E-state index >= 15 is 0 Å². The van der Waals surface area contributed by atoms with Gasteiger partial charge in [0, 0.05) is 18.0 Å². The van der Waals surface area contributed by atoms with Gasteiger partial charge in [-0.2, -0.15) is 0 Å². The molecule has 1 atom stereocenters. The second-order valence-electron chi connectivity index (χ2n) is 3.81. The monoisotopic (exact) mass is 280 g/mol. The fraction of sp³-hybridized carbons (Fsp3) is 0.231. The topological polar surface area (TPSA) is 42.0 Å². The van der Waals surface area contributed by atoms with Gasteiger partial charge in [-0.1, -0.05) is 18.5 Å². The summed E-state index contributed by atoms with van der Waals surface area (Å²) in [5.41, 5.74) is 0.625. The van der Waals surface area contributed by atoms with Gasteiger partial charge in [0.05, 0.1) is 15.4 Å². The van der Waals surface area contributed by atoms with Crippen molar-refractivity contribution in [2.75, 3.05) is 5.32 Å². The van der Waals surface area contributed by atoms with Gasteiger partial charge in [-0.15, -0.1) is 11.3 Å². The third-order valence-electron chi connectivity index (χ3n) is 2.56. The van der Waals surface area contributed by atoms with Crippen LogP contribution >= 0.6 is 22.9 Å². The maximum absolute atomic E-state index is 12.3. The Hall–Kier alpha value is -1.39. The minimum Gasteiger partial charge on any atom is -0.367 e. The first-order valence-corrected chi connectivity index (χ1v) is 6.86. The Labute approximate surface area is 115 Å². The highest BCUT2D eigenvalue weighted by Crippen LogP contribution is 2.27. The molecule has 3 nitrogen and oxygen atoms in total. The second-order valence-corrected chi connectivity index (χ2v) is 5.53. The Balaban J connectivity index is 2.12. The van der Waals surface area contributed by atoms with Crippen molar-refractivity contribution in [1.82, 2.24) is 4.98 Å². The molecule has 1 unspecified atom stereocenters. The number of hydrogen-bond acceptors (Lipinski definition) is 4. The molecule has 0 aromatic carbocycles. The summed E-state index contributed by atoms with van der Waals surface area (Å²) < 4.78 is 0.709. The number of Topliss-reactive ketones (excluding diaryl/α,β-unsaturated/α-hetero) is 1. The predicted molar refractivity (Wildman–Crippen MR) is 75.6 cm³/mol. The van der Waals surface area contributed by atoms with E-state index in [2.05, 4.69) is 10.3 Å². The molecule has 0 aliphatic carbocycles. The Morgan fingerprint density at radius 3 is 2.89 bits per heavy atom. The SMILES string of the molecule is CCC(Nc1ccc(Cl)s1)C(=O)c1cccnc1. The lowest BCUT2D eigenvalue weighted by Crippen LogP contribution is -2.28. The molecule has 2 aromatic rings. The van der Waals surface area contributed by atoms with Crippen molar-refractivity contribution in [2.24, 2.45) is 0 Å². The first-order chi connectivity index (χ1) is 8.70. The van der Waals surface area contributed by atoms with Crippen LogP contribution in [0.1, 0.15) is 23.7 Å². The van der Waals surface area contributed by atoms with Crippen molar-refractivity contribution >= 4 is 33.7 Å². The first kappa shape index (κ1) is 13.1. The number of nitrogens with one attached hydrogen (secondary N) is 1. The summed E-state index contributed by atoms with van der Waals surface area (Å²) in [5, 5.41) is 4.11. The van der Waals surface area contributed by atoms with Gasteiger partial charge in [-0.25, -0.2) is 0 Å². The number of halogens is 1. The molecule has 0 aliphatic rings. The summed E-state index contributed by atoms with van der Waals surface area (Å²) in [4.78, 5) is 16.2. The lowest BCUT2D eigenvalue weighted by Gasteiger charge is -2.15. The molecule has 0 bridgehead atoms. The lowest BCUT2D eigenvalue weighted by molar-refractivity contribution is 0.0967. The third kappa shape index (κ3) is 3.09. The fourth-order valence-electron chi connectivity index (χ4n) is 1.63. The highest BCUT2D eigenvalue weighted by molar-refractivity contribution is 7.19. The molecule has 2 rings (SSSR count). The van der Waals surface area contributed by atoms with Crippen LogP contribution in [0, 0.1) is 0 Å². The number of pyridine rings is 1. The summed E-state index contributed by atoms with van der Waals surface area (Å²) in [6.07, 6.45) is 3.96. The Bertz CT molecular complexity index is 527. The number of hydrogen-bond donors (Lipinski definition) is 1. The van der Waals surface area contributed by atoms with Crippen LogP contribution in [-0.2, 0) is 0 Å². The van der Waals surface area contributed by atoms with Crippen molar-refractivity contribution in [2.45, 2.75) is 19.4 Å². The standard InChI is InChI=1S/C13H13ClN2OS/c1-2-10(16-12-6-5-11(14)18-12)13(17)9-4-3-7-15-8-9/h3-8,10,16H,2H2,1H3. The smallest absolute Gasteiger partial charge is 0.186 e. The Morgan fingerprint density at radius 2 is 2.33 bits per heavy atom. The number of aromatic nitrogens is 1. The van der Waals surface area contributed by atoms with Crippen molar-refractivity contribution in [3.05, 3.63) is 46.6 Å². The second kappa shape index (κ2) is 5.98. The van der Waals surface area contributed by atoms with Crippen molar-refractivity contribution < 1.29 is 4.79 Å². The van der Waals surface area contributed by atoms with E-state index in [9.17, 15) is 4.79 Å². The molecule has 2 aromatic heterocycles. The van der Waals surface area contributed by atoms with Crippen LogP contribution in [0.15, 0.2) is 36.7 Å². The first-order valence-electron chi connectivity index (χ1n) is 5.67. The number of rotatable bonds is 5. The van der Waals surface area contributed by atoms with E-state index in [1.54, 1.807) is 24.5 Å². The van der Waals surface area contributed by atoms with E-state index in [-0.39, 0.29) is 11.8 Å². The summed E-state index contributed by atoms with van der Waals surface area (Å²) in [5.74, 6) is 0.0510. The zero-order chi connectivity index (χ0) is 13.0. The van der Waals surface area contributed by atoms with E-state index in [0.717, 1.165) is 5.00 Å². The quantitative estimate of drug-likeness (QED) is 0.846. The summed E-state index contributed by atoms with van der Waals surface area (Å²) in [6.45, 7) is 1.97. The number of thiophene rings is 1. The largest absolute Gasteiger partial charge is 0.367 e. The molecule has 0 saturated carbocycles. The van der Waals surface area contributed by atoms with E-state index in [1.807, 2.05) is 19.1 Å². The minimum absolute atomic E-state index is 0.0510. The fourth-order valence-corrected chi connectivity index (χ4v) is 2.62. The van der Waals surface area contributed by atoms with Crippen molar-refractivity contribution in [3.8, 4) is 0 Å². The van der Waals surface area contributed by atoms with Gasteiger partial charge in [0.15, 0.2) is 5.78 Å². The van der Waals surface area contributed by atoms with E-state index in [4.69, 9.17) is 11.6 Å². The highest BCUT2D eigenvalue weighted by Gasteiger charge is 2.18. The average molecular weight is 281 g/mol. The van der Waals surface area contributed by atoms with Gasteiger partial charge >= 0.3 is 0 Å². The highest BCUT2D eigenvalue weighted by atomic mass is 35.5. The molecule has 0 spiro atoms. The summed E-state index contributed by atoms with van der Waals surface area (Å²) in [6, 6.07) is 6.99. The van der Waals surface area contributed by atoms with Gasteiger partial charge in [0.25, 0.3) is 0 Å². The molecule has 0 amide bonds. The minimum atomic E-state index is -0.246. The molecular formula is C13H13ClN2OS. The van der Waals surface area contributed by atoms with Crippen LogP contribution in [-0.4, -0.2) is 16.8 Å². The molecule has 94 valence electrons. The molecule has 2 heterocycles. The maximum atomic E-state index is 12.3. The zero-order valence-electron chi connectivity index (χ0n) is 9.89. The van der Waals surface area contributed by atoms with Gasteiger partial charge in [0.1, 0.15) is 0 Å². The molecule has 0 aliphatic heterocycles. The van der Waals surface area contributed by atoms with Crippen LogP contribution in [0.3, 0.4) is 0 Å². The summed E-state index contributed by atoms with van der Waals surface area (Å²) in [7, 11) is 0. The zero-order valence-corrected chi connectivity index (χ0v) is 11.5. The molecule has 5 heteroatoms. The van der Waals surface area contributed by atoms with E-state index < -0.39 is 0 Å². The molecule has 0 fully saturated rings. The number of nitrogens with zero attached hydrogens (tertiary/aromatic N) is 1. The normalized spacial score (nSPS) is 12.1. The van der Waals surface area contributed by atoms with E-state index in [1.165, 1.54) is 11.3 Å². The molecule has 18 heavy (non-hydrogen) atoms. The van der Waals surface area contributed by atoms with Gasteiger partial charge in [-0.05, 0) is 30.7 Å². The number of anilines is 1. The molecule has 0 radical (unpaired) electrons. The lowest BCUT2D eigenvalue weighted by atomic mass is 10.0. The number of carbonyl (C=O) groups is 1. The van der Waals surface area contributed by atoms with E-state index in [0.29, 0.717) is 16.3 Å². The predicted octanol–water partition coefficient (Wildman–Crippen LogP) is 3.87. The molecule has 1 N–H and O–H groups in total. The van der Waals surface area contributed by atoms with Crippen LogP contribution in [0.25, 0.3) is 0 Å². The van der Waals surface area contributed by atoms with Gasteiger partial charge in [0.2, 0.25) is 0 Å². The average Bonchev–Trinajstić information content (AvgIpc) is 2.82. The van der Waals surface area contributed by atoms with Crippen molar-refractivity contribution in [1.29, 1.82) is 0 Å². The number of ketones is 1.